The van der Waals surface area contributed by atoms with E-state index in [1.165, 1.54) is 0 Å². The lowest BCUT2D eigenvalue weighted by Gasteiger charge is -2.12. The van der Waals surface area contributed by atoms with Crippen molar-refractivity contribution in [3.8, 4) is 0 Å². The molecule has 0 aromatic heterocycles. The zero-order valence-electron chi connectivity index (χ0n) is 12.4. The Morgan fingerprint density at radius 3 is 1.31 bits per heavy atom. The Kier molecular flexibility index (Phi) is 4.92. The predicted octanol–water partition coefficient (Wildman–Crippen LogP) is 5.75. The minimum Gasteiger partial charge on any atom is -0.289 e. The van der Waals surface area contributed by atoms with E-state index in [4.69, 9.17) is 0 Å². The van der Waals surface area contributed by atoms with Gasteiger partial charge in [0, 0.05) is 11.1 Å². The number of halogens is 6. The second-order valence-electron chi connectivity index (χ2n) is 4.97. The van der Waals surface area contributed by atoms with Crippen LogP contribution >= 0.6 is 0 Å². The van der Waals surface area contributed by atoms with Crippen LogP contribution in [0.4, 0.5) is 37.7 Å². The fourth-order valence-electron chi connectivity index (χ4n) is 2.13. The summed E-state index contributed by atoms with van der Waals surface area (Å²) in [4.78, 5) is 33.2. The summed E-state index contributed by atoms with van der Waals surface area (Å²) in [5.41, 5.74) is -6.15. The van der Waals surface area contributed by atoms with Crippen LogP contribution in [0.5, 0.6) is 0 Å². The largest absolute Gasteiger partial charge is 0.418 e. The standard InChI is InChI=1S/C15H6F6N2O3/c16-14(17,18)9-5-7(1-3-11(9)22-25)13(24)8-2-4-12(23-26)10(6-8)15(19,20)21/h1-6H. The van der Waals surface area contributed by atoms with E-state index in [0.29, 0.717) is 24.3 Å². The second kappa shape index (κ2) is 6.65. The smallest absolute Gasteiger partial charge is 0.289 e. The van der Waals surface area contributed by atoms with Crippen LogP contribution in [-0.4, -0.2) is 5.78 Å². The number of rotatable bonds is 4. The highest BCUT2D eigenvalue weighted by Crippen LogP contribution is 2.39. The number of alkyl halides is 6. The summed E-state index contributed by atoms with van der Waals surface area (Å²) < 4.78 is 77.4. The maximum atomic E-state index is 12.9. The summed E-state index contributed by atoms with van der Waals surface area (Å²) in [5, 5.41) is 4.40. The van der Waals surface area contributed by atoms with Crippen molar-refractivity contribution in [3.63, 3.8) is 0 Å². The van der Waals surface area contributed by atoms with Crippen LogP contribution < -0.4 is 0 Å². The second-order valence-corrected chi connectivity index (χ2v) is 4.97. The van der Waals surface area contributed by atoms with E-state index in [2.05, 4.69) is 10.4 Å². The Morgan fingerprint density at radius 1 is 0.692 bits per heavy atom. The molecule has 0 heterocycles. The molecule has 0 radical (unpaired) electrons. The summed E-state index contributed by atoms with van der Waals surface area (Å²) in [7, 11) is 0. The molecule has 0 fully saturated rings. The number of nitroso groups, excluding NO2 is 2. The molecule has 0 spiro atoms. The average molecular weight is 376 g/mol. The van der Waals surface area contributed by atoms with Crippen molar-refractivity contribution in [3.05, 3.63) is 68.5 Å². The molecule has 5 nitrogen and oxygen atoms in total. The van der Waals surface area contributed by atoms with Crippen molar-refractivity contribution in [2.24, 2.45) is 10.4 Å². The van der Waals surface area contributed by atoms with Gasteiger partial charge in [-0.15, -0.1) is 9.81 Å². The highest BCUT2D eigenvalue weighted by molar-refractivity contribution is 6.09. The van der Waals surface area contributed by atoms with Crippen LogP contribution in [0.3, 0.4) is 0 Å². The molecule has 0 bridgehead atoms. The van der Waals surface area contributed by atoms with Crippen molar-refractivity contribution in [1.82, 2.24) is 0 Å². The summed E-state index contributed by atoms with van der Waals surface area (Å²) in [6, 6.07) is 3.56. The van der Waals surface area contributed by atoms with Gasteiger partial charge < -0.3 is 0 Å². The normalized spacial score (nSPS) is 11.9. The SMILES string of the molecule is O=Nc1ccc(C(=O)c2ccc(N=O)c(C(F)(F)F)c2)cc1C(F)(F)F. The molecule has 0 atom stereocenters. The van der Waals surface area contributed by atoms with Gasteiger partial charge >= 0.3 is 12.4 Å². The quantitative estimate of drug-likeness (QED) is 0.387. The van der Waals surface area contributed by atoms with Crippen LogP contribution in [0, 0.1) is 9.81 Å². The van der Waals surface area contributed by atoms with Crippen molar-refractivity contribution >= 4 is 17.2 Å². The Bertz CT molecular complexity index is 818. The van der Waals surface area contributed by atoms with Gasteiger partial charge in [-0.1, -0.05) is 0 Å². The summed E-state index contributed by atoms with van der Waals surface area (Å²) in [5.74, 6) is -1.17. The molecule has 11 heteroatoms. The maximum absolute atomic E-state index is 12.9. The van der Waals surface area contributed by atoms with Crippen molar-refractivity contribution in [2.75, 3.05) is 0 Å². The molecular formula is C15H6F6N2O3. The van der Waals surface area contributed by atoms with E-state index in [-0.39, 0.29) is 0 Å². The molecule has 0 unspecified atom stereocenters. The molecule has 2 aromatic carbocycles. The summed E-state index contributed by atoms with van der Waals surface area (Å²) in [6.45, 7) is 0. The average Bonchev–Trinajstić information content (AvgIpc) is 2.58. The lowest BCUT2D eigenvalue weighted by atomic mass is 9.98. The fourth-order valence-corrected chi connectivity index (χ4v) is 2.13. The van der Waals surface area contributed by atoms with Gasteiger partial charge in [0.25, 0.3) is 0 Å². The molecule has 0 saturated carbocycles. The highest BCUT2D eigenvalue weighted by atomic mass is 19.4. The van der Waals surface area contributed by atoms with Gasteiger partial charge in [-0.25, -0.2) is 0 Å². The molecular weight excluding hydrogens is 370 g/mol. The van der Waals surface area contributed by atoms with Gasteiger partial charge in [-0.2, -0.15) is 26.3 Å². The van der Waals surface area contributed by atoms with Crippen LogP contribution in [0.1, 0.15) is 27.0 Å². The number of hydrogen-bond donors (Lipinski definition) is 0. The fraction of sp³-hybridized carbons (Fsp3) is 0.133. The number of carbonyl (C=O) groups excluding carboxylic acids is 1. The Hall–Kier alpha value is -3.11. The first-order chi connectivity index (χ1) is 12.0. The Morgan fingerprint density at radius 2 is 1.04 bits per heavy atom. The molecule has 2 rings (SSSR count). The number of carbonyl (C=O) groups is 1. The minimum atomic E-state index is -5.00. The molecule has 26 heavy (non-hydrogen) atoms. The zero-order valence-corrected chi connectivity index (χ0v) is 12.4. The van der Waals surface area contributed by atoms with Crippen LogP contribution in [0.15, 0.2) is 46.8 Å². The molecule has 0 aliphatic heterocycles. The van der Waals surface area contributed by atoms with Crippen molar-refractivity contribution in [2.45, 2.75) is 12.4 Å². The van der Waals surface area contributed by atoms with E-state index < -0.39 is 51.8 Å². The van der Waals surface area contributed by atoms with Gasteiger partial charge in [0.1, 0.15) is 11.4 Å². The van der Waals surface area contributed by atoms with E-state index in [0.717, 1.165) is 12.1 Å². The highest BCUT2D eigenvalue weighted by Gasteiger charge is 2.36. The maximum Gasteiger partial charge on any atom is 0.418 e. The number of hydrogen-bond acceptors (Lipinski definition) is 5. The third-order valence-electron chi connectivity index (χ3n) is 3.32. The molecule has 0 N–H and O–H groups in total. The summed E-state index contributed by atoms with van der Waals surface area (Å²) >= 11 is 0. The van der Waals surface area contributed by atoms with Crippen LogP contribution in [0.2, 0.25) is 0 Å². The lowest BCUT2D eigenvalue weighted by Crippen LogP contribution is -2.10. The molecule has 0 aliphatic carbocycles. The van der Waals surface area contributed by atoms with Crippen LogP contribution in [0.25, 0.3) is 0 Å². The molecule has 0 aliphatic rings. The van der Waals surface area contributed by atoms with Crippen LogP contribution in [-0.2, 0) is 12.4 Å². The number of nitrogens with zero attached hydrogens (tertiary/aromatic N) is 2. The van der Waals surface area contributed by atoms with E-state index in [1.54, 1.807) is 0 Å². The molecule has 136 valence electrons. The molecule has 0 amide bonds. The number of benzene rings is 2. The van der Waals surface area contributed by atoms with Gasteiger partial charge in [0.05, 0.1) is 11.1 Å². The third-order valence-corrected chi connectivity index (χ3v) is 3.32. The first kappa shape index (κ1) is 19.2. The number of ketones is 1. The van der Waals surface area contributed by atoms with E-state index in [1.807, 2.05) is 0 Å². The van der Waals surface area contributed by atoms with Gasteiger partial charge in [-0.05, 0) is 46.8 Å². The van der Waals surface area contributed by atoms with Gasteiger partial charge in [0.15, 0.2) is 5.78 Å². The Labute approximate surface area is 140 Å². The van der Waals surface area contributed by atoms with E-state index >= 15 is 0 Å². The first-order valence-electron chi connectivity index (χ1n) is 6.63. The monoisotopic (exact) mass is 376 g/mol. The lowest BCUT2D eigenvalue weighted by molar-refractivity contribution is -0.137. The summed E-state index contributed by atoms with van der Waals surface area (Å²) in [6.07, 6.45) is -10.00. The van der Waals surface area contributed by atoms with Crippen molar-refractivity contribution < 1.29 is 31.1 Å². The predicted molar refractivity (Wildman–Crippen MR) is 77.2 cm³/mol. The van der Waals surface area contributed by atoms with Crippen molar-refractivity contribution in [1.29, 1.82) is 0 Å². The van der Waals surface area contributed by atoms with E-state index in [9.17, 15) is 41.0 Å². The molecule has 0 saturated heterocycles. The third kappa shape index (κ3) is 3.76. The van der Waals surface area contributed by atoms with Gasteiger partial charge in [0.2, 0.25) is 0 Å². The minimum absolute atomic E-state index is 0.318. The topological polar surface area (TPSA) is 75.9 Å². The first-order valence-corrected chi connectivity index (χ1v) is 6.63. The van der Waals surface area contributed by atoms with Gasteiger partial charge in [-0.3, -0.25) is 4.79 Å². The zero-order chi connectivity index (χ0) is 19.7. The Balaban J connectivity index is 2.57. The molecule has 2 aromatic rings.